The van der Waals surface area contributed by atoms with Crippen molar-refractivity contribution in [3.63, 3.8) is 0 Å². The summed E-state index contributed by atoms with van der Waals surface area (Å²) in [6.07, 6.45) is 1.66. The van der Waals surface area contributed by atoms with Gasteiger partial charge < -0.3 is 5.73 Å². The summed E-state index contributed by atoms with van der Waals surface area (Å²) in [5, 5.41) is 0. The molecule has 0 spiro atoms. The third-order valence-corrected chi connectivity index (χ3v) is 1.25. The minimum atomic E-state index is 0.799. The third-order valence-electron chi connectivity index (χ3n) is 1.25. The molecule has 0 aromatic rings. The van der Waals surface area contributed by atoms with Crippen LogP contribution < -0.4 is 5.73 Å². The van der Waals surface area contributed by atoms with Crippen molar-refractivity contribution >= 4 is 6.72 Å². The smallest absolute Gasteiger partial charge is 0.0345 e. The van der Waals surface area contributed by atoms with Crippen LogP contribution in [-0.4, -0.2) is 6.72 Å². The lowest BCUT2D eigenvalue weighted by Crippen LogP contribution is -2.00. The molecule has 0 aromatic heterocycles. The fourth-order valence-electron chi connectivity index (χ4n) is 0.601. The van der Waals surface area contributed by atoms with Crippen molar-refractivity contribution in [1.29, 1.82) is 0 Å². The molecule has 56 valence electrons. The second-order valence-corrected chi connectivity index (χ2v) is 2.41. The molecule has 0 amide bonds. The van der Waals surface area contributed by atoms with Crippen LogP contribution in [-0.2, 0) is 0 Å². The lowest BCUT2D eigenvalue weighted by molar-refractivity contribution is 1.18. The maximum absolute atomic E-state index is 5.67. The Kier molecular flexibility index (Phi) is 3.47. The van der Waals surface area contributed by atoms with Gasteiger partial charge in [0.05, 0.1) is 0 Å². The summed E-state index contributed by atoms with van der Waals surface area (Å²) < 4.78 is 0. The number of nitrogens with zero attached hydrogens (tertiary/aromatic N) is 1. The monoisotopic (exact) mass is 138 g/mol. The molecule has 0 rings (SSSR count). The summed E-state index contributed by atoms with van der Waals surface area (Å²) in [7, 11) is 0. The lowest BCUT2D eigenvalue weighted by Gasteiger charge is -2.01. The molecule has 0 unspecified atom stereocenters. The highest BCUT2D eigenvalue weighted by molar-refractivity contribution is 5.33. The zero-order chi connectivity index (χ0) is 8.15. The molecule has 0 fully saturated rings. The predicted octanol–water partition coefficient (Wildman–Crippen LogP) is 1.84. The van der Waals surface area contributed by atoms with Gasteiger partial charge in [0.25, 0.3) is 0 Å². The van der Waals surface area contributed by atoms with Crippen molar-refractivity contribution in [2.24, 2.45) is 10.7 Å². The van der Waals surface area contributed by atoms with Crippen molar-refractivity contribution in [1.82, 2.24) is 0 Å². The molecule has 2 heteroatoms. The van der Waals surface area contributed by atoms with Crippen molar-refractivity contribution in [2.75, 3.05) is 0 Å². The van der Waals surface area contributed by atoms with Gasteiger partial charge in [-0.2, -0.15) is 0 Å². The van der Waals surface area contributed by atoms with Gasteiger partial charge in [0.15, 0.2) is 0 Å². The van der Waals surface area contributed by atoms with Crippen LogP contribution in [0.5, 0.6) is 0 Å². The van der Waals surface area contributed by atoms with Gasteiger partial charge in [0.2, 0.25) is 0 Å². The van der Waals surface area contributed by atoms with E-state index in [1.807, 2.05) is 20.8 Å². The lowest BCUT2D eigenvalue weighted by atomic mass is 10.1. The van der Waals surface area contributed by atoms with E-state index >= 15 is 0 Å². The standard InChI is InChI=1S/C8H14N2/c1-6(2)8(9)7(3)5-10-4/h5H,4,9H2,1-3H3/b7-5-. The molecule has 0 aromatic carbocycles. The summed E-state index contributed by atoms with van der Waals surface area (Å²) in [5.41, 5.74) is 8.54. The Bertz CT molecular complexity index is 183. The van der Waals surface area contributed by atoms with Crippen LogP contribution in [0.2, 0.25) is 0 Å². The van der Waals surface area contributed by atoms with Gasteiger partial charge in [-0.15, -0.1) is 0 Å². The average Bonchev–Trinajstić information content (AvgIpc) is 1.87. The first-order valence-corrected chi connectivity index (χ1v) is 3.15. The number of nitrogens with two attached hydrogens (primary N) is 1. The Morgan fingerprint density at radius 3 is 2.20 bits per heavy atom. The number of aliphatic imine (C=N–C) groups is 1. The van der Waals surface area contributed by atoms with Crippen LogP contribution in [0.15, 0.2) is 28.0 Å². The van der Waals surface area contributed by atoms with Crippen molar-refractivity contribution < 1.29 is 0 Å². The second kappa shape index (κ2) is 3.88. The molecule has 0 aliphatic heterocycles. The first-order valence-electron chi connectivity index (χ1n) is 3.15. The van der Waals surface area contributed by atoms with Crippen LogP contribution >= 0.6 is 0 Å². The first kappa shape index (κ1) is 8.95. The van der Waals surface area contributed by atoms with Crippen LogP contribution in [0.1, 0.15) is 20.8 Å². The fraction of sp³-hybridized carbons (Fsp3) is 0.375. The summed E-state index contributed by atoms with van der Waals surface area (Å²) in [5.74, 6) is 0. The van der Waals surface area contributed by atoms with E-state index in [1.165, 1.54) is 0 Å². The summed E-state index contributed by atoms with van der Waals surface area (Å²) in [6, 6.07) is 0. The van der Waals surface area contributed by atoms with Crippen molar-refractivity contribution in [3.05, 3.63) is 23.0 Å². The highest BCUT2D eigenvalue weighted by atomic mass is 14.7. The maximum atomic E-state index is 5.67. The summed E-state index contributed by atoms with van der Waals surface area (Å²) >= 11 is 0. The van der Waals surface area contributed by atoms with Gasteiger partial charge in [-0.3, -0.25) is 4.99 Å². The molecular formula is C8H14N2. The average molecular weight is 138 g/mol. The molecular weight excluding hydrogens is 124 g/mol. The van der Waals surface area contributed by atoms with Crippen LogP contribution in [0, 0.1) is 0 Å². The zero-order valence-electron chi connectivity index (χ0n) is 6.81. The molecule has 0 bridgehead atoms. The fourth-order valence-corrected chi connectivity index (χ4v) is 0.601. The van der Waals surface area contributed by atoms with E-state index in [0.29, 0.717) is 0 Å². The largest absolute Gasteiger partial charge is 0.399 e. The van der Waals surface area contributed by atoms with Crippen LogP contribution in [0.4, 0.5) is 0 Å². The van der Waals surface area contributed by atoms with E-state index in [2.05, 4.69) is 11.7 Å². The van der Waals surface area contributed by atoms with E-state index in [-0.39, 0.29) is 0 Å². The van der Waals surface area contributed by atoms with E-state index in [0.717, 1.165) is 16.8 Å². The van der Waals surface area contributed by atoms with Crippen LogP contribution in [0.25, 0.3) is 0 Å². The van der Waals surface area contributed by atoms with Gasteiger partial charge in [-0.1, -0.05) is 5.57 Å². The highest BCUT2D eigenvalue weighted by Gasteiger charge is 1.93. The minimum Gasteiger partial charge on any atom is -0.399 e. The Balaban J connectivity index is 4.51. The Labute approximate surface area is 62.1 Å². The Morgan fingerprint density at radius 2 is 1.90 bits per heavy atom. The molecule has 0 aliphatic carbocycles. The van der Waals surface area contributed by atoms with Crippen molar-refractivity contribution in [3.8, 4) is 0 Å². The molecule has 0 atom stereocenters. The molecule has 0 aliphatic rings. The van der Waals surface area contributed by atoms with E-state index in [9.17, 15) is 0 Å². The molecule has 2 nitrogen and oxygen atoms in total. The predicted molar refractivity (Wildman–Crippen MR) is 45.9 cm³/mol. The molecule has 2 N–H and O–H groups in total. The molecule has 10 heavy (non-hydrogen) atoms. The number of rotatable bonds is 2. The van der Waals surface area contributed by atoms with E-state index in [1.54, 1.807) is 6.20 Å². The van der Waals surface area contributed by atoms with Gasteiger partial charge in [-0.05, 0) is 33.1 Å². The normalized spacial score (nSPS) is 10.9. The molecule has 0 heterocycles. The SMILES string of the molecule is C=N/C=C(/C)C(N)=C(C)C. The van der Waals surface area contributed by atoms with Gasteiger partial charge in [0.1, 0.15) is 0 Å². The van der Waals surface area contributed by atoms with E-state index in [4.69, 9.17) is 5.73 Å². The Morgan fingerprint density at radius 1 is 1.40 bits per heavy atom. The third kappa shape index (κ3) is 2.49. The first-order chi connectivity index (χ1) is 4.59. The van der Waals surface area contributed by atoms with Crippen molar-refractivity contribution in [2.45, 2.75) is 20.8 Å². The van der Waals surface area contributed by atoms with Gasteiger partial charge in [-0.25, -0.2) is 0 Å². The molecule has 0 saturated carbocycles. The topological polar surface area (TPSA) is 38.4 Å². The highest BCUT2D eigenvalue weighted by Crippen LogP contribution is 2.07. The minimum absolute atomic E-state index is 0.799. The quantitative estimate of drug-likeness (QED) is 0.459. The zero-order valence-corrected chi connectivity index (χ0v) is 6.81. The molecule has 0 saturated heterocycles. The number of hydrogen-bond acceptors (Lipinski definition) is 2. The molecule has 0 radical (unpaired) electrons. The second-order valence-electron chi connectivity index (χ2n) is 2.41. The summed E-state index contributed by atoms with van der Waals surface area (Å²) in [4.78, 5) is 3.61. The van der Waals surface area contributed by atoms with E-state index < -0.39 is 0 Å². The van der Waals surface area contributed by atoms with Crippen LogP contribution in [0.3, 0.4) is 0 Å². The number of hydrogen-bond donors (Lipinski definition) is 1. The van der Waals surface area contributed by atoms with Gasteiger partial charge in [0, 0.05) is 11.9 Å². The maximum Gasteiger partial charge on any atom is 0.0345 e. The number of allylic oxidation sites excluding steroid dienone is 2. The Hall–Kier alpha value is -1.05. The van der Waals surface area contributed by atoms with Gasteiger partial charge >= 0.3 is 0 Å². The summed E-state index contributed by atoms with van der Waals surface area (Å²) in [6.45, 7) is 9.19.